The predicted octanol–water partition coefficient (Wildman–Crippen LogP) is 3.20. The molecule has 0 aliphatic heterocycles. The van der Waals surface area contributed by atoms with Crippen LogP contribution in [0.15, 0.2) is 54.6 Å². The standard InChI is InChI=1S/C14H15O3P/c1-2-17-18(15,16)14-11-7-6-10-13(14)12-8-4-3-5-9-12/h3-11H,2H2,1H3,(H,15,16). The Bertz CT molecular complexity index is 566. The van der Waals surface area contributed by atoms with E-state index >= 15 is 0 Å². The van der Waals surface area contributed by atoms with Gasteiger partial charge in [-0.15, -0.1) is 0 Å². The first kappa shape index (κ1) is 13.0. The fourth-order valence-corrected chi connectivity index (χ4v) is 3.10. The monoisotopic (exact) mass is 262 g/mol. The summed E-state index contributed by atoms with van der Waals surface area (Å²) < 4.78 is 17.1. The largest absolute Gasteiger partial charge is 0.359 e. The summed E-state index contributed by atoms with van der Waals surface area (Å²) in [6, 6.07) is 16.6. The number of hydrogen-bond donors (Lipinski definition) is 1. The van der Waals surface area contributed by atoms with Crippen LogP contribution in [0.2, 0.25) is 0 Å². The number of benzene rings is 2. The third-order valence-electron chi connectivity index (χ3n) is 2.60. The molecule has 0 heterocycles. The average molecular weight is 262 g/mol. The smallest absolute Gasteiger partial charge is 0.321 e. The van der Waals surface area contributed by atoms with Gasteiger partial charge in [-0.1, -0.05) is 48.5 Å². The van der Waals surface area contributed by atoms with Gasteiger partial charge in [-0.2, -0.15) is 0 Å². The Kier molecular flexibility index (Phi) is 3.97. The molecule has 0 saturated carbocycles. The van der Waals surface area contributed by atoms with Gasteiger partial charge in [0.25, 0.3) is 0 Å². The highest BCUT2D eigenvalue weighted by Gasteiger charge is 2.25. The lowest BCUT2D eigenvalue weighted by atomic mass is 10.1. The minimum absolute atomic E-state index is 0.205. The fourth-order valence-electron chi connectivity index (χ4n) is 1.83. The van der Waals surface area contributed by atoms with Crippen LogP contribution in [0.4, 0.5) is 0 Å². The molecule has 0 fully saturated rings. The molecule has 0 saturated heterocycles. The quantitative estimate of drug-likeness (QED) is 0.861. The molecule has 1 N–H and O–H groups in total. The molecule has 3 nitrogen and oxygen atoms in total. The van der Waals surface area contributed by atoms with E-state index in [1.54, 1.807) is 19.1 Å². The lowest BCUT2D eigenvalue weighted by Crippen LogP contribution is -2.10. The molecule has 0 spiro atoms. The normalized spacial score (nSPS) is 14.1. The number of hydrogen-bond acceptors (Lipinski definition) is 2. The fraction of sp³-hybridized carbons (Fsp3) is 0.143. The van der Waals surface area contributed by atoms with E-state index in [0.29, 0.717) is 5.30 Å². The molecular weight excluding hydrogens is 247 g/mol. The summed E-state index contributed by atoms with van der Waals surface area (Å²) in [5, 5.41) is 0.345. The zero-order chi connectivity index (χ0) is 13.0. The third-order valence-corrected chi connectivity index (χ3v) is 4.20. The molecule has 0 amide bonds. The molecule has 2 aromatic carbocycles. The van der Waals surface area contributed by atoms with Crippen molar-refractivity contribution in [1.29, 1.82) is 0 Å². The van der Waals surface area contributed by atoms with Crippen LogP contribution < -0.4 is 5.30 Å². The topological polar surface area (TPSA) is 46.5 Å². The summed E-state index contributed by atoms with van der Waals surface area (Å²) in [4.78, 5) is 9.96. The van der Waals surface area contributed by atoms with E-state index in [2.05, 4.69) is 0 Å². The molecule has 18 heavy (non-hydrogen) atoms. The molecule has 0 aliphatic rings. The van der Waals surface area contributed by atoms with Crippen molar-refractivity contribution in [3.05, 3.63) is 54.6 Å². The first-order valence-electron chi connectivity index (χ1n) is 5.77. The maximum Gasteiger partial charge on any atom is 0.359 e. The summed E-state index contributed by atoms with van der Waals surface area (Å²) in [6.45, 7) is 1.91. The van der Waals surface area contributed by atoms with Gasteiger partial charge >= 0.3 is 7.60 Å². The second-order valence-corrected chi connectivity index (χ2v) is 5.60. The molecule has 2 aromatic rings. The van der Waals surface area contributed by atoms with Crippen LogP contribution in [0.3, 0.4) is 0 Å². The van der Waals surface area contributed by atoms with E-state index in [-0.39, 0.29) is 6.61 Å². The highest BCUT2D eigenvalue weighted by Crippen LogP contribution is 2.43. The van der Waals surface area contributed by atoms with Gasteiger partial charge in [0.2, 0.25) is 0 Å². The minimum atomic E-state index is -3.75. The van der Waals surface area contributed by atoms with Gasteiger partial charge in [0, 0.05) is 0 Å². The van der Waals surface area contributed by atoms with Crippen LogP contribution in [0.5, 0.6) is 0 Å². The van der Waals surface area contributed by atoms with Crippen molar-refractivity contribution in [1.82, 2.24) is 0 Å². The summed E-state index contributed by atoms with van der Waals surface area (Å²) in [5.74, 6) is 0. The van der Waals surface area contributed by atoms with Gasteiger partial charge in [-0.05, 0) is 24.1 Å². The Morgan fingerprint density at radius 3 is 2.33 bits per heavy atom. The minimum Gasteiger partial charge on any atom is -0.321 e. The van der Waals surface area contributed by atoms with Crippen molar-refractivity contribution in [2.24, 2.45) is 0 Å². The maximum absolute atomic E-state index is 12.1. The van der Waals surface area contributed by atoms with Crippen molar-refractivity contribution in [3.8, 4) is 11.1 Å². The van der Waals surface area contributed by atoms with Crippen LogP contribution in [-0.2, 0) is 9.09 Å². The van der Waals surface area contributed by atoms with Crippen LogP contribution in [-0.4, -0.2) is 11.5 Å². The first-order chi connectivity index (χ1) is 8.65. The molecule has 4 heteroatoms. The summed E-state index contributed by atoms with van der Waals surface area (Å²) in [7, 11) is -3.75. The van der Waals surface area contributed by atoms with Crippen molar-refractivity contribution >= 4 is 12.9 Å². The van der Waals surface area contributed by atoms with Crippen molar-refractivity contribution in [2.45, 2.75) is 6.92 Å². The Morgan fingerprint density at radius 2 is 1.67 bits per heavy atom. The van der Waals surface area contributed by atoms with Crippen LogP contribution in [0.1, 0.15) is 6.92 Å². The molecular formula is C14H15O3P. The third kappa shape index (κ3) is 2.70. The lowest BCUT2D eigenvalue weighted by Gasteiger charge is -2.15. The molecule has 1 unspecified atom stereocenters. The van der Waals surface area contributed by atoms with Crippen LogP contribution in [0.25, 0.3) is 11.1 Å². The lowest BCUT2D eigenvalue weighted by molar-refractivity contribution is 0.284. The highest BCUT2D eigenvalue weighted by molar-refractivity contribution is 7.61. The molecule has 2 rings (SSSR count). The van der Waals surface area contributed by atoms with E-state index in [1.165, 1.54) is 0 Å². The van der Waals surface area contributed by atoms with E-state index in [9.17, 15) is 9.46 Å². The van der Waals surface area contributed by atoms with Gasteiger partial charge in [0.1, 0.15) is 0 Å². The maximum atomic E-state index is 12.1. The van der Waals surface area contributed by atoms with Gasteiger partial charge in [-0.3, -0.25) is 4.57 Å². The second kappa shape index (κ2) is 5.49. The Balaban J connectivity index is 2.54. The SMILES string of the molecule is CCOP(=O)(O)c1ccccc1-c1ccccc1. The summed E-state index contributed by atoms with van der Waals surface area (Å²) in [5.41, 5.74) is 1.64. The number of rotatable bonds is 4. The second-order valence-electron chi connectivity index (χ2n) is 3.82. The molecule has 0 aliphatic carbocycles. The van der Waals surface area contributed by atoms with Crippen LogP contribution in [0, 0.1) is 0 Å². The zero-order valence-electron chi connectivity index (χ0n) is 10.1. The van der Waals surface area contributed by atoms with Crippen LogP contribution >= 0.6 is 7.60 Å². The van der Waals surface area contributed by atoms with E-state index in [4.69, 9.17) is 4.52 Å². The van der Waals surface area contributed by atoms with Gasteiger partial charge in [0.15, 0.2) is 0 Å². The predicted molar refractivity (Wildman–Crippen MR) is 73.0 cm³/mol. The van der Waals surface area contributed by atoms with Crippen molar-refractivity contribution < 1.29 is 14.0 Å². The zero-order valence-corrected chi connectivity index (χ0v) is 11.0. The van der Waals surface area contributed by atoms with Gasteiger partial charge in [-0.25, -0.2) is 0 Å². The summed E-state index contributed by atoms with van der Waals surface area (Å²) >= 11 is 0. The molecule has 0 aromatic heterocycles. The molecule has 1 atom stereocenters. The van der Waals surface area contributed by atoms with E-state index in [1.807, 2.05) is 42.5 Å². The van der Waals surface area contributed by atoms with E-state index in [0.717, 1.165) is 11.1 Å². The summed E-state index contributed by atoms with van der Waals surface area (Å²) in [6.07, 6.45) is 0. The Hall–Kier alpha value is -1.41. The molecule has 0 radical (unpaired) electrons. The molecule has 94 valence electrons. The van der Waals surface area contributed by atoms with Gasteiger partial charge in [0.05, 0.1) is 11.9 Å². The van der Waals surface area contributed by atoms with E-state index < -0.39 is 7.60 Å². The van der Waals surface area contributed by atoms with Crippen molar-refractivity contribution in [2.75, 3.05) is 6.61 Å². The highest BCUT2D eigenvalue weighted by atomic mass is 31.2. The van der Waals surface area contributed by atoms with Gasteiger partial charge < -0.3 is 9.42 Å². The Morgan fingerprint density at radius 1 is 1.06 bits per heavy atom. The average Bonchev–Trinajstić information content (AvgIpc) is 2.40. The Labute approximate surface area is 107 Å². The van der Waals surface area contributed by atoms with Crippen molar-refractivity contribution in [3.63, 3.8) is 0 Å². The molecule has 0 bridgehead atoms. The first-order valence-corrected chi connectivity index (χ1v) is 7.35.